The van der Waals surface area contributed by atoms with E-state index in [-0.39, 0.29) is 63.9 Å². The minimum atomic E-state index is -4.73. The fourth-order valence-corrected chi connectivity index (χ4v) is 5.65. The lowest BCUT2D eigenvalue weighted by Crippen LogP contribution is -2.65. The molecule has 0 saturated carbocycles. The molecule has 13 nitrogen and oxygen atoms in total. The molecule has 17 heteroatoms. The fraction of sp³-hybridized carbons (Fsp3) is 0.333. The van der Waals surface area contributed by atoms with Crippen molar-refractivity contribution < 1.29 is 27.9 Å². The summed E-state index contributed by atoms with van der Waals surface area (Å²) in [5.74, 6) is -0.0712. The standard InChI is InChI=1S/C30H28ClF3N10O3/c31-22-13-19(3-4-20(22)27(45)42-8-10-43(11-9-42)28(46)39-17-29(47)15-36-16-29)41-25-26-38-14-23(44(26)7-6-37-25)21-12-18(2-1-5-35)40-24(21)30(32,33)34/h2-4,6-7,12-14,36,47H,1,8-11,15-17H2,(H,37,41)(H,39,46)/b18-2+. The fourth-order valence-electron chi connectivity index (χ4n) is 5.39. The van der Waals surface area contributed by atoms with Crippen LogP contribution in [0.2, 0.25) is 5.02 Å². The van der Waals surface area contributed by atoms with Crippen molar-refractivity contribution in [2.75, 3.05) is 51.1 Å². The first-order valence-corrected chi connectivity index (χ1v) is 14.9. The summed E-state index contributed by atoms with van der Waals surface area (Å²) in [6, 6.07) is 6.27. The Morgan fingerprint density at radius 3 is 2.57 bits per heavy atom. The van der Waals surface area contributed by atoms with Gasteiger partial charge in [0.05, 0.1) is 47.2 Å². The number of piperazine rings is 1. The zero-order valence-electron chi connectivity index (χ0n) is 24.7. The van der Waals surface area contributed by atoms with E-state index in [4.69, 9.17) is 16.9 Å². The van der Waals surface area contributed by atoms with Gasteiger partial charge in [-0.15, -0.1) is 0 Å². The van der Waals surface area contributed by atoms with Gasteiger partial charge in [-0.25, -0.2) is 19.8 Å². The molecule has 244 valence electrons. The van der Waals surface area contributed by atoms with Gasteiger partial charge >= 0.3 is 12.2 Å². The molecule has 0 bridgehead atoms. The van der Waals surface area contributed by atoms with E-state index in [1.807, 2.05) is 6.07 Å². The van der Waals surface area contributed by atoms with Crippen molar-refractivity contribution in [2.45, 2.75) is 18.2 Å². The van der Waals surface area contributed by atoms with E-state index in [2.05, 4.69) is 30.9 Å². The van der Waals surface area contributed by atoms with Gasteiger partial charge in [0.2, 0.25) is 0 Å². The number of nitrogens with one attached hydrogen (secondary N) is 3. The summed E-state index contributed by atoms with van der Waals surface area (Å²) in [5, 5.41) is 27.9. The SMILES string of the molecule is N#CC/C=C1\C=C(c2cnc3c(Nc4ccc(C(=O)N5CCN(C(=O)NCC6(O)CNC6)CC5)c(Cl)c4)nccn23)C(C(F)(F)F)=N1. The average molecular weight is 669 g/mol. The number of halogens is 4. The molecule has 0 unspecified atom stereocenters. The molecule has 4 N–H and O–H groups in total. The lowest BCUT2D eigenvalue weighted by Gasteiger charge is -2.39. The second-order valence-electron chi connectivity index (χ2n) is 11.2. The highest BCUT2D eigenvalue weighted by atomic mass is 35.5. The lowest BCUT2D eigenvalue weighted by molar-refractivity contribution is -0.0570. The molecule has 3 aliphatic rings. The topological polar surface area (TPSA) is 163 Å². The maximum absolute atomic E-state index is 13.9. The van der Waals surface area contributed by atoms with E-state index < -0.39 is 17.5 Å². The van der Waals surface area contributed by atoms with Gasteiger partial charge < -0.3 is 30.9 Å². The van der Waals surface area contributed by atoms with Gasteiger partial charge in [-0.1, -0.05) is 11.6 Å². The number of hydrogen-bond donors (Lipinski definition) is 4. The number of anilines is 2. The molecule has 0 atom stereocenters. The number of urea groups is 1. The molecule has 0 aliphatic carbocycles. The number of alkyl halides is 3. The highest BCUT2D eigenvalue weighted by Gasteiger charge is 2.42. The van der Waals surface area contributed by atoms with Crippen molar-refractivity contribution >= 4 is 52.0 Å². The number of carbonyl (C=O) groups is 2. The van der Waals surface area contributed by atoms with E-state index in [0.717, 1.165) is 0 Å². The van der Waals surface area contributed by atoms with Gasteiger partial charge in [-0.2, -0.15) is 18.4 Å². The van der Waals surface area contributed by atoms with Crippen LogP contribution in [-0.2, 0) is 0 Å². The van der Waals surface area contributed by atoms with Gasteiger partial charge in [-0.05, 0) is 30.4 Å². The zero-order valence-corrected chi connectivity index (χ0v) is 25.4. The Balaban J connectivity index is 1.13. The molecule has 0 spiro atoms. The van der Waals surface area contributed by atoms with Crippen molar-refractivity contribution in [3.63, 3.8) is 0 Å². The van der Waals surface area contributed by atoms with Crippen LogP contribution in [0.25, 0.3) is 11.2 Å². The molecule has 3 aliphatic heterocycles. The summed E-state index contributed by atoms with van der Waals surface area (Å²) in [4.78, 5) is 41.3. The number of amides is 3. The van der Waals surface area contributed by atoms with Crippen molar-refractivity contribution in [3.05, 3.63) is 70.9 Å². The van der Waals surface area contributed by atoms with Crippen LogP contribution in [-0.4, -0.2) is 105 Å². The van der Waals surface area contributed by atoms with Crippen LogP contribution in [0.3, 0.4) is 0 Å². The molecule has 47 heavy (non-hydrogen) atoms. The molecule has 3 amide bonds. The number of carbonyl (C=O) groups excluding carboxylic acids is 2. The van der Waals surface area contributed by atoms with Gasteiger partial charge in [-0.3, -0.25) is 9.20 Å². The average Bonchev–Trinajstić information content (AvgIpc) is 3.67. The van der Waals surface area contributed by atoms with Gasteiger partial charge in [0.1, 0.15) is 5.60 Å². The molecule has 0 radical (unpaired) electrons. The predicted molar refractivity (Wildman–Crippen MR) is 166 cm³/mol. The maximum atomic E-state index is 13.9. The number of nitriles is 1. The first-order chi connectivity index (χ1) is 22.5. The quantitative estimate of drug-likeness (QED) is 0.299. The third-order valence-corrected chi connectivity index (χ3v) is 8.27. The minimum absolute atomic E-state index is 0.0330. The first-order valence-electron chi connectivity index (χ1n) is 14.5. The molecule has 6 rings (SSSR count). The van der Waals surface area contributed by atoms with E-state index in [9.17, 15) is 27.9 Å². The van der Waals surface area contributed by atoms with Crippen LogP contribution in [0.4, 0.5) is 29.5 Å². The maximum Gasteiger partial charge on any atom is 0.434 e. The number of aliphatic imine (C=N–C) groups is 1. The normalized spacial score (nSPS) is 18.4. The summed E-state index contributed by atoms with van der Waals surface area (Å²) in [6.07, 6.45) is 1.92. The third kappa shape index (κ3) is 6.64. The molecule has 1 aromatic carbocycles. The van der Waals surface area contributed by atoms with Crippen LogP contribution in [0, 0.1) is 11.3 Å². The Morgan fingerprint density at radius 1 is 1.17 bits per heavy atom. The van der Waals surface area contributed by atoms with Crippen LogP contribution in [0.5, 0.6) is 0 Å². The monoisotopic (exact) mass is 668 g/mol. The lowest BCUT2D eigenvalue weighted by atomic mass is 9.98. The second-order valence-corrected chi connectivity index (χ2v) is 11.6. The van der Waals surface area contributed by atoms with E-state index >= 15 is 0 Å². The number of aliphatic hydroxyl groups is 1. The highest BCUT2D eigenvalue weighted by molar-refractivity contribution is 6.34. The number of hydrogen-bond acceptors (Lipinski definition) is 9. The summed E-state index contributed by atoms with van der Waals surface area (Å²) in [5.41, 5.74) is -1.10. The Kier molecular flexibility index (Phi) is 8.62. The predicted octanol–water partition coefficient (Wildman–Crippen LogP) is 3.13. The smallest absolute Gasteiger partial charge is 0.385 e. The van der Waals surface area contributed by atoms with Crippen LogP contribution in [0.15, 0.2) is 59.6 Å². The summed E-state index contributed by atoms with van der Waals surface area (Å²) < 4.78 is 43.0. The molecule has 2 fully saturated rings. The molecular formula is C30H28ClF3N10O3. The Labute approximate surface area is 271 Å². The van der Waals surface area contributed by atoms with Crippen molar-refractivity contribution in [1.29, 1.82) is 5.26 Å². The second kappa shape index (κ2) is 12.7. The molecule has 3 aromatic rings. The summed E-state index contributed by atoms with van der Waals surface area (Å²) >= 11 is 6.52. The van der Waals surface area contributed by atoms with Gasteiger partial charge in [0.25, 0.3) is 5.91 Å². The van der Waals surface area contributed by atoms with E-state index in [1.54, 1.807) is 21.9 Å². The van der Waals surface area contributed by atoms with Crippen molar-refractivity contribution in [2.24, 2.45) is 4.99 Å². The molecule has 2 aromatic heterocycles. The van der Waals surface area contributed by atoms with E-state index in [0.29, 0.717) is 45.0 Å². The summed E-state index contributed by atoms with van der Waals surface area (Å²) in [6.45, 7) is 2.23. The number of fused-ring (bicyclic) bond motifs is 1. The van der Waals surface area contributed by atoms with Crippen molar-refractivity contribution in [1.82, 2.24) is 34.8 Å². The third-order valence-electron chi connectivity index (χ3n) is 7.96. The first kappa shape index (κ1) is 32.0. The molecule has 5 heterocycles. The number of rotatable bonds is 7. The van der Waals surface area contributed by atoms with E-state index in [1.165, 1.54) is 41.2 Å². The van der Waals surface area contributed by atoms with Crippen LogP contribution < -0.4 is 16.0 Å². The number of aromatic nitrogens is 3. The number of β-amino-alcohol motifs (C(OH)–C–C–N with tert-alkyl or cyclic N) is 1. The Hall–Kier alpha value is -4.98. The van der Waals surface area contributed by atoms with Crippen LogP contribution in [0.1, 0.15) is 22.5 Å². The minimum Gasteiger partial charge on any atom is -0.385 e. The largest absolute Gasteiger partial charge is 0.434 e. The molecular weight excluding hydrogens is 641 g/mol. The Morgan fingerprint density at radius 2 is 1.91 bits per heavy atom. The zero-order chi connectivity index (χ0) is 33.3. The molecule has 2 saturated heterocycles. The van der Waals surface area contributed by atoms with Gasteiger partial charge in [0.15, 0.2) is 17.2 Å². The number of nitrogens with zero attached hydrogens (tertiary/aromatic N) is 7. The summed E-state index contributed by atoms with van der Waals surface area (Å²) in [7, 11) is 0. The highest BCUT2D eigenvalue weighted by Crippen LogP contribution is 2.36. The number of allylic oxidation sites excluding steroid dienone is 3. The van der Waals surface area contributed by atoms with Crippen molar-refractivity contribution in [3.8, 4) is 6.07 Å². The van der Waals surface area contributed by atoms with Crippen LogP contribution >= 0.6 is 11.6 Å². The Bertz CT molecular complexity index is 1870. The van der Waals surface area contributed by atoms with Gasteiger partial charge in [0, 0.05) is 62.9 Å². The number of imidazole rings is 1. The number of benzene rings is 1.